The first-order valence-electron chi connectivity index (χ1n) is 9.74. The summed E-state index contributed by atoms with van der Waals surface area (Å²) in [7, 11) is 0. The van der Waals surface area contributed by atoms with Crippen LogP contribution in [0.5, 0.6) is 0 Å². The van der Waals surface area contributed by atoms with Crippen molar-refractivity contribution in [3.05, 3.63) is 42.5 Å². The van der Waals surface area contributed by atoms with E-state index in [0.29, 0.717) is 11.3 Å². The van der Waals surface area contributed by atoms with E-state index in [9.17, 15) is 0 Å². The molecule has 27 heavy (non-hydrogen) atoms. The normalized spacial score (nSPS) is 15.5. The average Bonchev–Trinajstić information content (AvgIpc) is 3.13. The number of rotatable bonds is 6. The fourth-order valence-corrected chi connectivity index (χ4v) is 3.67. The third-order valence-electron chi connectivity index (χ3n) is 5.22. The molecule has 1 aliphatic rings. The van der Waals surface area contributed by atoms with E-state index in [1.54, 1.807) is 0 Å². The Balaban J connectivity index is 1.31. The quantitative estimate of drug-likeness (QED) is 0.722. The Hall–Kier alpha value is -2.67. The fourth-order valence-electron chi connectivity index (χ4n) is 3.67. The Kier molecular flexibility index (Phi) is 5.20. The Morgan fingerprint density at radius 3 is 2.52 bits per heavy atom. The summed E-state index contributed by atoms with van der Waals surface area (Å²) >= 11 is 0. The first-order chi connectivity index (χ1) is 13.2. The molecule has 0 amide bonds. The van der Waals surface area contributed by atoms with Crippen LogP contribution in [0.4, 0.5) is 11.5 Å². The molecule has 1 aromatic carbocycles. The Labute approximate surface area is 159 Å². The Bertz CT molecular complexity index is 882. The molecule has 0 radical (unpaired) electrons. The van der Waals surface area contributed by atoms with Crippen molar-refractivity contribution in [2.45, 2.75) is 26.3 Å². The van der Waals surface area contributed by atoms with Gasteiger partial charge in [-0.15, -0.1) is 0 Å². The molecule has 1 saturated heterocycles. The summed E-state index contributed by atoms with van der Waals surface area (Å²) in [6, 6.07) is 10.7. The first kappa shape index (κ1) is 17.7. The Morgan fingerprint density at radius 1 is 1.00 bits per heavy atom. The standard InChI is InChI=1S/C20H27N7/c1-2-17-23-19(21)18-20(24-17)27(15-22-18)10-6-9-25-11-13-26(14-12-25)16-7-4-3-5-8-16/h3-5,7-8,15H,2,6,9-14H2,1H3,(H2,21,23,24). The van der Waals surface area contributed by atoms with Crippen molar-refractivity contribution in [1.29, 1.82) is 0 Å². The average molecular weight is 365 g/mol. The van der Waals surface area contributed by atoms with Crippen LogP contribution in [0.1, 0.15) is 19.2 Å². The van der Waals surface area contributed by atoms with E-state index < -0.39 is 0 Å². The smallest absolute Gasteiger partial charge is 0.165 e. The lowest BCUT2D eigenvalue weighted by atomic mass is 10.2. The molecule has 3 aromatic rings. The molecular formula is C20H27N7. The number of piperazine rings is 1. The number of nitrogens with two attached hydrogens (primary N) is 1. The maximum Gasteiger partial charge on any atom is 0.165 e. The molecule has 1 aliphatic heterocycles. The minimum absolute atomic E-state index is 0.479. The zero-order chi connectivity index (χ0) is 18.6. The second kappa shape index (κ2) is 7.92. The predicted octanol–water partition coefficient (Wildman–Crippen LogP) is 2.18. The summed E-state index contributed by atoms with van der Waals surface area (Å²) in [6.07, 6.45) is 3.68. The van der Waals surface area contributed by atoms with Gasteiger partial charge in [-0.2, -0.15) is 0 Å². The maximum absolute atomic E-state index is 6.01. The van der Waals surface area contributed by atoms with Gasteiger partial charge in [-0.05, 0) is 25.1 Å². The highest BCUT2D eigenvalue weighted by atomic mass is 15.3. The summed E-state index contributed by atoms with van der Waals surface area (Å²) < 4.78 is 2.10. The summed E-state index contributed by atoms with van der Waals surface area (Å²) in [5.74, 6) is 1.26. The highest BCUT2D eigenvalue weighted by Gasteiger charge is 2.17. The zero-order valence-corrected chi connectivity index (χ0v) is 15.9. The van der Waals surface area contributed by atoms with Gasteiger partial charge in [-0.3, -0.25) is 4.90 Å². The molecule has 3 heterocycles. The minimum Gasteiger partial charge on any atom is -0.382 e. The van der Waals surface area contributed by atoms with Crippen LogP contribution in [0.2, 0.25) is 0 Å². The summed E-state index contributed by atoms with van der Waals surface area (Å²) in [5, 5.41) is 0. The number of nitrogen functional groups attached to an aromatic ring is 1. The van der Waals surface area contributed by atoms with Crippen LogP contribution in [0, 0.1) is 0 Å². The molecule has 0 unspecified atom stereocenters. The fraction of sp³-hybridized carbons (Fsp3) is 0.450. The molecule has 1 fully saturated rings. The molecule has 7 heteroatoms. The van der Waals surface area contributed by atoms with Gasteiger partial charge in [-0.25, -0.2) is 15.0 Å². The number of benzene rings is 1. The van der Waals surface area contributed by atoms with Crippen LogP contribution in [-0.4, -0.2) is 57.1 Å². The number of anilines is 2. The van der Waals surface area contributed by atoms with Gasteiger partial charge in [0.2, 0.25) is 0 Å². The van der Waals surface area contributed by atoms with Crippen molar-refractivity contribution in [2.75, 3.05) is 43.4 Å². The van der Waals surface area contributed by atoms with Gasteiger partial charge in [0, 0.05) is 44.8 Å². The molecule has 2 aromatic heterocycles. The van der Waals surface area contributed by atoms with E-state index in [1.807, 2.05) is 13.3 Å². The largest absolute Gasteiger partial charge is 0.382 e. The number of imidazole rings is 1. The van der Waals surface area contributed by atoms with Crippen molar-refractivity contribution >= 4 is 22.7 Å². The number of hydrogen-bond donors (Lipinski definition) is 1. The molecule has 0 spiro atoms. The summed E-state index contributed by atoms with van der Waals surface area (Å²) in [5.41, 5.74) is 8.90. The van der Waals surface area contributed by atoms with Gasteiger partial charge >= 0.3 is 0 Å². The molecule has 0 bridgehead atoms. The van der Waals surface area contributed by atoms with Gasteiger partial charge in [0.05, 0.1) is 6.33 Å². The topological polar surface area (TPSA) is 76.1 Å². The number of aromatic nitrogens is 4. The van der Waals surface area contributed by atoms with Gasteiger partial charge in [0.1, 0.15) is 11.3 Å². The molecule has 4 rings (SSSR count). The van der Waals surface area contributed by atoms with Crippen LogP contribution in [-0.2, 0) is 13.0 Å². The molecular weight excluding hydrogens is 338 g/mol. The third kappa shape index (κ3) is 3.88. The highest BCUT2D eigenvalue weighted by Crippen LogP contribution is 2.18. The minimum atomic E-state index is 0.479. The van der Waals surface area contributed by atoms with Crippen LogP contribution in [0.25, 0.3) is 11.2 Å². The summed E-state index contributed by atoms with van der Waals surface area (Å²) in [6.45, 7) is 8.40. The van der Waals surface area contributed by atoms with Crippen LogP contribution < -0.4 is 10.6 Å². The second-order valence-corrected chi connectivity index (χ2v) is 7.01. The van der Waals surface area contributed by atoms with Crippen LogP contribution in [0.3, 0.4) is 0 Å². The Morgan fingerprint density at radius 2 is 1.78 bits per heavy atom. The molecule has 0 atom stereocenters. The van der Waals surface area contributed by atoms with Crippen molar-refractivity contribution in [3.63, 3.8) is 0 Å². The first-order valence-corrected chi connectivity index (χ1v) is 9.74. The predicted molar refractivity (Wildman–Crippen MR) is 109 cm³/mol. The lowest BCUT2D eigenvalue weighted by Gasteiger charge is -2.36. The zero-order valence-electron chi connectivity index (χ0n) is 15.9. The second-order valence-electron chi connectivity index (χ2n) is 7.01. The SMILES string of the molecule is CCc1nc(N)c2ncn(CCCN3CCN(c4ccccc4)CC3)c2n1. The van der Waals surface area contributed by atoms with E-state index >= 15 is 0 Å². The van der Waals surface area contributed by atoms with E-state index in [-0.39, 0.29) is 0 Å². The molecule has 0 aliphatic carbocycles. The summed E-state index contributed by atoms with van der Waals surface area (Å²) in [4.78, 5) is 18.3. The monoisotopic (exact) mass is 365 g/mol. The van der Waals surface area contributed by atoms with Crippen LogP contribution in [0.15, 0.2) is 36.7 Å². The van der Waals surface area contributed by atoms with Crippen molar-refractivity contribution in [1.82, 2.24) is 24.4 Å². The number of fused-ring (bicyclic) bond motifs is 1. The third-order valence-corrected chi connectivity index (χ3v) is 5.22. The number of nitrogens with zero attached hydrogens (tertiary/aromatic N) is 6. The number of para-hydroxylation sites is 1. The van der Waals surface area contributed by atoms with E-state index in [0.717, 1.165) is 63.6 Å². The van der Waals surface area contributed by atoms with E-state index in [2.05, 4.69) is 59.7 Å². The lowest BCUT2D eigenvalue weighted by Crippen LogP contribution is -2.46. The molecule has 0 saturated carbocycles. The molecule has 2 N–H and O–H groups in total. The van der Waals surface area contributed by atoms with Gasteiger partial charge < -0.3 is 15.2 Å². The van der Waals surface area contributed by atoms with E-state index in [4.69, 9.17) is 5.73 Å². The van der Waals surface area contributed by atoms with Crippen molar-refractivity contribution in [2.24, 2.45) is 0 Å². The van der Waals surface area contributed by atoms with Crippen molar-refractivity contribution in [3.8, 4) is 0 Å². The van der Waals surface area contributed by atoms with E-state index in [1.165, 1.54) is 5.69 Å². The number of hydrogen-bond acceptors (Lipinski definition) is 6. The van der Waals surface area contributed by atoms with Gasteiger partial charge in [0.15, 0.2) is 11.5 Å². The van der Waals surface area contributed by atoms with Gasteiger partial charge in [-0.1, -0.05) is 25.1 Å². The van der Waals surface area contributed by atoms with Crippen molar-refractivity contribution < 1.29 is 0 Å². The molecule has 7 nitrogen and oxygen atoms in total. The maximum atomic E-state index is 6.01. The van der Waals surface area contributed by atoms with Gasteiger partial charge in [0.25, 0.3) is 0 Å². The highest BCUT2D eigenvalue weighted by molar-refractivity contribution is 5.81. The molecule has 142 valence electrons. The lowest BCUT2D eigenvalue weighted by molar-refractivity contribution is 0.251. The number of aryl methyl sites for hydroxylation is 2. The van der Waals surface area contributed by atoms with Crippen LogP contribution >= 0.6 is 0 Å².